The first-order valence-corrected chi connectivity index (χ1v) is 16.2. The second-order valence-corrected chi connectivity index (χ2v) is 16.5. The van der Waals surface area contributed by atoms with Gasteiger partial charge in [-0.15, -0.1) is 0 Å². The Bertz CT molecular complexity index is 1000. The van der Waals surface area contributed by atoms with Gasteiger partial charge in [-0.05, 0) is 52.3 Å². The van der Waals surface area contributed by atoms with E-state index in [4.69, 9.17) is 9.47 Å². The van der Waals surface area contributed by atoms with Crippen molar-refractivity contribution in [1.29, 1.82) is 0 Å². The largest absolute Gasteiger partial charge is 0.393 e. The number of cyclic esters (lactones) is 2. The van der Waals surface area contributed by atoms with Crippen LogP contribution in [-0.2, 0) is 28.7 Å². The quantitative estimate of drug-likeness (QED) is 0.134. The summed E-state index contributed by atoms with van der Waals surface area (Å²) in [7, 11) is 1.74. The predicted octanol–water partition coefficient (Wildman–Crippen LogP) is 7.31. The van der Waals surface area contributed by atoms with E-state index in [1.54, 1.807) is 7.11 Å². The van der Waals surface area contributed by atoms with Crippen molar-refractivity contribution < 1.29 is 28.7 Å². The highest BCUT2D eigenvalue weighted by molar-refractivity contribution is 6.05. The predicted molar refractivity (Wildman–Crippen MR) is 166 cm³/mol. The van der Waals surface area contributed by atoms with Gasteiger partial charge >= 0.3 is 11.9 Å². The van der Waals surface area contributed by atoms with Crippen molar-refractivity contribution in [2.75, 3.05) is 13.7 Å². The van der Waals surface area contributed by atoms with Crippen molar-refractivity contribution in [3.63, 3.8) is 0 Å². The number of rotatable bonds is 12. The number of amides is 2. The van der Waals surface area contributed by atoms with Gasteiger partial charge in [-0.2, -0.15) is 0 Å². The van der Waals surface area contributed by atoms with Gasteiger partial charge in [0.25, 0.3) is 0 Å². The minimum atomic E-state index is -0.779. The molecule has 7 unspecified atom stereocenters. The van der Waals surface area contributed by atoms with Crippen molar-refractivity contribution in [2.45, 2.75) is 128 Å². The molecular formula is C35H61NO6. The molecule has 0 N–H and O–H groups in total. The highest BCUT2D eigenvalue weighted by Gasteiger charge is 2.64. The maximum Gasteiger partial charge on any atom is 0.317 e. The van der Waals surface area contributed by atoms with Gasteiger partial charge in [-0.3, -0.25) is 24.1 Å². The second kappa shape index (κ2) is 13.1. The monoisotopic (exact) mass is 591 g/mol. The zero-order chi connectivity index (χ0) is 32.6. The van der Waals surface area contributed by atoms with Crippen LogP contribution in [0.2, 0.25) is 0 Å². The lowest BCUT2D eigenvalue weighted by atomic mass is 9.48. The smallest absolute Gasteiger partial charge is 0.317 e. The number of carbonyl (C=O) groups is 4. The molecule has 2 aliphatic rings. The number of imide groups is 1. The molecule has 7 heteroatoms. The Morgan fingerprint density at radius 2 is 1.43 bits per heavy atom. The van der Waals surface area contributed by atoms with Gasteiger partial charge in [-0.1, -0.05) is 103 Å². The number of esters is 2. The Labute approximate surface area is 256 Å². The molecule has 7 atom stereocenters. The van der Waals surface area contributed by atoms with Crippen LogP contribution in [0.4, 0.5) is 0 Å². The minimum absolute atomic E-state index is 0.0353. The van der Waals surface area contributed by atoms with Crippen LogP contribution in [0.3, 0.4) is 0 Å². The van der Waals surface area contributed by atoms with E-state index < -0.39 is 40.5 Å². The molecule has 0 aromatic carbocycles. The van der Waals surface area contributed by atoms with Gasteiger partial charge in [-0.25, -0.2) is 0 Å². The zero-order valence-corrected chi connectivity index (χ0v) is 29.2. The Kier molecular flexibility index (Phi) is 11.3. The number of ether oxygens (including phenoxy) is 2. The average molecular weight is 592 g/mol. The topological polar surface area (TPSA) is 90.0 Å². The van der Waals surface area contributed by atoms with E-state index in [-0.39, 0.29) is 52.9 Å². The Balaban J connectivity index is 2.71. The second-order valence-electron chi connectivity index (χ2n) is 16.5. The van der Waals surface area contributed by atoms with E-state index in [0.717, 1.165) is 25.7 Å². The molecule has 0 aromatic rings. The van der Waals surface area contributed by atoms with Gasteiger partial charge in [0.2, 0.25) is 11.8 Å². The number of nitrogens with zero attached hydrogens (tertiary/aromatic N) is 1. The number of unbranched alkanes of at least 4 members (excludes halogenated alkanes) is 1. The van der Waals surface area contributed by atoms with Crippen LogP contribution in [0.25, 0.3) is 0 Å². The summed E-state index contributed by atoms with van der Waals surface area (Å²) in [5.41, 5.74) is -1.85. The van der Waals surface area contributed by atoms with E-state index in [1.165, 1.54) is 4.90 Å². The molecule has 2 heterocycles. The summed E-state index contributed by atoms with van der Waals surface area (Å²) in [5, 5.41) is 0. The van der Waals surface area contributed by atoms with Crippen LogP contribution in [0.5, 0.6) is 0 Å². The summed E-state index contributed by atoms with van der Waals surface area (Å²) in [6.45, 7) is 27.6. The summed E-state index contributed by atoms with van der Waals surface area (Å²) in [4.78, 5) is 56.3. The zero-order valence-electron chi connectivity index (χ0n) is 29.2. The van der Waals surface area contributed by atoms with Crippen LogP contribution in [-0.4, -0.2) is 48.4 Å². The highest BCUT2D eigenvalue weighted by atomic mass is 16.6. The summed E-state index contributed by atoms with van der Waals surface area (Å²) >= 11 is 0. The molecule has 0 aliphatic carbocycles. The average Bonchev–Trinajstić information content (AvgIpc) is 3.09. The lowest BCUT2D eigenvalue weighted by Crippen LogP contribution is -2.56. The molecule has 0 bridgehead atoms. The molecule has 2 amide bonds. The fourth-order valence-corrected chi connectivity index (χ4v) is 7.88. The van der Waals surface area contributed by atoms with Crippen LogP contribution in [0.15, 0.2) is 0 Å². The van der Waals surface area contributed by atoms with Gasteiger partial charge in [0, 0.05) is 13.7 Å². The standard InChI is InChI=1S/C35H61NO6/c1-15-17-18-36-29(38)26(22(16-2)21(3)24(41-14)20-32(4,5)6)28(30(36)39)35(12,13)34(10,11)27-23(33(7,8)9)19-25(37)42-31(27)40/h21-24,26-28H,15-20H2,1-14H3. The number of carbonyl (C=O) groups excluding carboxylic acids is 4. The van der Waals surface area contributed by atoms with Gasteiger partial charge in [0.1, 0.15) is 0 Å². The molecule has 0 aromatic heterocycles. The molecular weight excluding hydrogens is 530 g/mol. The maximum atomic E-state index is 14.4. The number of likely N-dealkylation sites (tertiary alicyclic amines) is 1. The molecule has 2 fully saturated rings. The van der Waals surface area contributed by atoms with Gasteiger partial charge in [0.15, 0.2) is 0 Å². The fraction of sp³-hybridized carbons (Fsp3) is 0.886. The fourth-order valence-electron chi connectivity index (χ4n) is 7.88. The molecule has 0 saturated carbocycles. The van der Waals surface area contributed by atoms with E-state index in [0.29, 0.717) is 6.54 Å². The first kappa shape index (κ1) is 36.4. The molecule has 42 heavy (non-hydrogen) atoms. The Hall–Kier alpha value is -1.76. The van der Waals surface area contributed by atoms with Crippen molar-refractivity contribution >= 4 is 23.8 Å². The Morgan fingerprint density at radius 1 is 0.881 bits per heavy atom. The molecule has 0 radical (unpaired) electrons. The highest BCUT2D eigenvalue weighted by Crippen LogP contribution is 2.60. The minimum Gasteiger partial charge on any atom is -0.393 e. The van der Waals surface area contributed by atoms with Gasteiger partial charge < -0.3 is 9.47 Å². The first-order chi connectivity index (χ1) is 19.1. The molecule has 7 nitrogen and oxygen atoms in total. The molecule has 2 saturated heterocycles. The van der Waals surface area contributed by atoms with E-state index >= 15 is 0 Å². The SMILES string of the molecule is CCCCN1C(=O)C(C(CC)C(C)C(CC(C)(C)C)OC)C(C(C)(C)C(C)(C)C2C(=O)OC(=O)CC2C(C)(C)C)C1=O. The molecule has 242 valence electrons. The summed E-state index contributed by atoms with van der Waals surface area (Å²) in [5.74, 6) is -3.32. The third-order valence-electron chi connectivity index (χ3n) is 11.1. The van der Waals surface area contributed by atoms with Crippen molar-refractivity contribution in [1.82, 2.24) is 4.90 Å². The van der Waals surface area contributed by atoms with E-state index in [2.05, 4.69) is 41.5 Å². The Morgan fingerprint density at radius 3 is 1.88 bits per heavy atom. The van der Waals surface area contributed by atoms with Crippen LogP contribution in [0, 0.1) is 57.2 Å². The molecule has 0 spiro atoms. The molecule has 2 aliphatic heterocycles. The van der Waals surface area contributed by atoms with Crippen LogP contribution in [0.1, 0.15) is 122 Å². The lowest BCUT2D eigenvalue weighted by Gasteiger charge is -2.54. The lowest BCUT2D eigenvalue weighted by molar-refractivity contribution is -0.187. The van der Waals surface area contributed by atoms with Crippen molar-refractivity contribution in [2.24, 2.45) is 57.2 Å². The van der Waals surface area contributed by atoms with Gasteiger partial charge in [0.05, 0.1) is 30.3 Å². The van der Waals surface area contributed by atoms with Crippen LogP contribution < -0.4 is 0 Å². The van der Waals surface area contributed by atoms with E-state index in [1.807, 2.05) is 48.5 Å². The van der Waals surface area contributed by atoms with E-state index in [9.17, 15) is 19.2 Å². The maximum absolute atomic E-state index is 14.4. The first-order valence-electron chi connectivity index (χ1n) is 16.2. The molecule has 2 rings (SSSR count). The third-order valence-corrected chi connectivity index (χ3v) is 11.1. The number of methoxy groups -OCH3 is 1. The number of hydrogen-bond donors (Lipinski definition) is 0. The van der Waals surface area contributed by atoms with Crippen molar-refractivity contribution in [3.05, 3.63) is 0 Å². The number of hydrogen-bond acceptors (Lipinski definition) is 6. The van der Waals surface area contributed by atoms with Crippen LogP contribution >= 0.6 is 0 Å². The third kappa shape index (κ3) is 7.13. The van der Waals surface area contributed by atoms with Crippen molar-refractivity contribution in [3.8, 4) is 0 Å². The summed E-state index contributed by atoms with van der Waals surface area (Å²) in [6, 6.07) is 0. The summed E-state index contributed by atoms with van der Waals surface area (Å²) < 4.78 is 11.3. The summed E-state index contributed by atoms with van der Waals surface area (Å²) in [6.07, 6.45) is 3.28. The normalized spacial score (nSPS) is 26.9.